The van der Waals surface area contributed by atoms with Gasteiger partial charge in [-0.25, -0.2) is 4.79 Å². The number of hydrogen-bond donors (Lipinski definition) is 0. The molecule has 0 saturated heterocycles. The lowest BCUT2D eigenvalue weighted by molar-refractivity contribution is 0.0299. The largest absolute Gasteiger partial charge is 0.508 e. The zero-order valence-electron chi connectivity index (χ0n) is 10.1. The Morgan fingerprint density at radius 2 is 1.76 bits per heavy atom. The Morgan fingerprint density at radius 3 is 2.47 bits per heavy atom. The maximum absolute atomic E-state index is 11.1. The average Bonchev–Trinajstić information content (AvgIpc) is 2.36. The molecule has 0 aliphatic heterocycles. The van der Waals surface area contributed by atoms with Crippen molar-refractivity contribution in [3.05, 3.63) is 35.9 Å². The van der Waals surface area contributed by atoms with E-state index >= 15 is 0 Å². The number of hydrogen-bond acceptors (Lipinski definition) is 4. The lowest BCUT2D eigenvalue weighted by Crippen LogP contribution is -2.13. The number of ether oxygens (including phenoxy) is 3. The Labute approximate surface area is 101 Å². The predicted octanol–water partition coefficient (Wildman–Crippen LogP) is 2.42. The second-order valence-corrected chi connectivity index (χ2v) is 3.38. The summed E-state index contributed by atoms with van der Waals surface area (Å²) in [4.78, 5) is 11.1. The molecule has 0 spiro atoms. The molecule has 0 radical (unpaired) electrons. The van der Waals surface area contributed by atoms with Crippen LogP contribution in [0.3, 0.4) is 0 Å². The summed E-state index contributed by atoms with van der Waals surface area (Å²) >= 11 is 0. The SMILES string of the molecule is CCOCCOC(=O)OCCc1ccccc1. The quantitative estimate of drug-likeness (QED) is 0.540. The fourth-order valence-corrected chi connectivity index (χ4v) is 1.27. The van der Waals surface area contributed by atoms with Crippen LogP contribution < -0.4 is 0 Å². The van der Waals surface area contributed by atoms with Crippen molar-refractivity contribution in [1.82, 2.24) is 0 Å². The molecule has 1 aromatic carbocycles. The first-order chi connectivity index (χ1) is 8.33. The van der Waals surface area contributed by atoms with Gasteiger partial charge < -0.3 is 14.2 Å². The van der Waals surface area contributed by atoms with Crippen molar-refractivity contribution in [3.8, 4) is 0 Å². The number of benzene rings is 1. The van der Waals surface area contributed by atoms with Gasteiger partial charge in [0.15, 0.2) is 0 Å². The molecule has 4 heteroatoms. The molecule has 1 rings (SSSR count). The van der Waals surface area contributed by atoms with E-state index in [0.29, 0.717) is 26.2 Å². The van der Waals surface area contributed by atoms with Crippen molar-refractivity contribution >= 4 is 6.16 Å². The summed E-state index contributed by atoms with van der Waals surface area (Å²) in [6.45, 7) is 3.48. The van der Waals surface area contributed by atoms with Crippen molar-refractivity contribution in [2.24, 2.45) is 0 Å². The van der Waals surface area contributed by atoms with Gasteiger partial charge in [-0.2, -0.15) is 0 Å². The minimum atomic E-state index is -0.638. The van der Waals surface area contributed by atoms with Gasteiger partial charge in [0, 0.05) is 13.0 Å². The van der Waals surface area contributed by atoms with E-state index in [-0.39, 0.29) is 6.61 Å². The van der Waals surface area contributed by atoms with E-state index in [1.54, 1.807) is 0 Å². The molecule has 0 fully saturated rings. The molecular weight excluding hydrogens is 220 g/mol. The molecule has 0 N–H and O–H groups in total. The van der Waals surface area contributed by atoms with E-state index < -0.39 is 6.16 Å². The van der Waals surface area contributed by atoms with Crippen molar-refractivity contribution < 1.29 is 19.0 Å². The van der Waals surface area contributed by atoms with Gasteiger partial charge in [0.2, 0.25) is 0 Å². The second kappa shape index (κ2) is 8.58. The topological polar surface area (TPSA) is 44.8 Å². The van der Waals surface area contributed by atoms with Crippen LogP contribution in [0.5, 0.6) is 0 Å². The molecule has 0 aliphatic rings. The van der Waals surface area contributed by atoms with Gasteiger partial charge in [-0.05, 0) is 12.5 Å². The van der Waals surface area contributed by atoms with Crippen LogP contribution in [0.15, 0.2) is 30.3 Å². The first kappa shape index (κ1) is 13.5. The smallest absolute Gasteiger partial charge is 0.434 e. The van der Waals surface area contributed by atoms with Gasteiger partial charge in [0.25, 0.3) is 0 Å². The molecule has 0 amide bonds. The highest BCUT2D eigenvalue weighted by atomic mass is 16.7. The monoisotopic (exact) mass is 238 g/mol. The zero-order valence-corrected chi connectivity index (χ0v) is 10.1. The van der Waals surface area contributed by atoms with Crippen LogP contribution in [0.1, 0.15) is 12.5 Å². The Morgan fingerprint density at radius 1 is 1.06 bits per heavy atom. The fraction of sp³-hybridized carbons (Fsp3) is 0.462. The van der Waals surface area contributed by atoms with E-state index in [0.717, 1.165) is 5.56 Å². The van der Waals surface area contributed by atoms with Crippen LogP contribution in [0, 0.1) is 0 Å². The van der Waals surface area contributed by atoms with Gasteiger partial charge in [-0.15, -0.1) is 0 Å². The number of carbonyl (C=O) groups is 1. The van der Waals surface area contributed by atoms with Gasteiger partial charge >= 0.3 is 6.16 Å². The summed E-state index contributed by atoms with van der Waals surface area (Å²) in [6.07, 6.45) is 0.0575. The van der Waals surface area contributed by atoms with Gasteiger partial charge in [0.1, 0.15) is 6.61 Å². The van der Waals surface area contributed by atoms with E-state index in [9.17, 15) is 4.79 Å². The molecule has 0 aromatic heterocycles. The van der Waals surface area contributed by atoms with Crippen molar-refractivity contribution in [3.63, 3.8) is 0 Å². The zero-order chi connectivity index (χ0) is 12.3. The Kier molecular flexibility index (Phi) is 6.82. The number of carbonyl (C=O) groups excluding carboxylic acids is 1. The molecule has 0 bridgehead atoms. The van der Waals surface area contributed by atoms with Gasteiger partial charge in [-0.1, -0.05) is 30.3 Å². The van der Waals surface area contributed by atoms with Crippen LogP contribution >= 0.6 is 0 Å². The summed E-state index contributed by atoms with van der Waals surface area (Å²) in [7, 11) is 0. The average molecular weight is 238 g/mol. The summed E-state index contributed by atoms with van der Waals surface area (Å²) in [5.41, 5.74) is 1.13. The first-order valence-corrected chi connectivity index (χ1v) is 5.74. The number of rotatable bonds is 7. The molecule has 0 aliphatic carbocycles. The minimum Gasteiger partial charge on any atom is -0.434 e. The molecule has 4 nitrogen and oxygen atoms in total. The van der Waals surface area contributed by atoms with Crippen LogP contribution in [-0.4, -0.2) is 32.6 Å². The summed E-state index contributed by atoms with van der Waals surface area (Å²) in [5, 5.41) is 0. The highest BCUT2D eigenvalue weighted by Crippen LogP contribution is 2.00. The molecule has 1 aromatic rings. The van der Waals surface area contributed by atoms with Crippen LogP contribution in [-0.2, 0) is 20.6 Å². The highest BCUT2D eigenvalue weighted by molar-refractivity contribution is 5.59. The van der Waals surface area contributed by atoms with Crippen molar-refractivity contribution in [1.29, 1.82) is 0 Å². The predicted molar refractivity (Wildman–Crippen MR) is 63.9 cm³/mol. The normalized spacial score (nSPS) is 9.94. The third kappa shape index (κ3) is 6.58. The maximum Gasteiger partial charge on any atom is 0.508 e. The van der Waals surface area contributed by atoms with Crippen LogP contribution in [0.4, 0.5) is 4.79 Å². The van der Waals surface area contributed by atoms with Gasteiger partial charge in [-0.3, -0.25) is 0 Å². The summed E-state index contributed by atoms with van der Waals surface area (Å²) < 4.78 is 14.7. The van der Waals surface area contributed by atoms with E-state index in [4.69, 9.17) is 14.2 Å². The van der Waals surface area contributed by atoms with Gasteiger partial charge in [0.05, 0.1) is 13.2 Å². The summed E-state index contributed by atoms with van der Waals surface area (Å²) in [6, 6.07) is 9.84. The van der Waals surface area contributed by atoms with E-state index in [1.807, 2.05) is 37.3 Å². The van der Waals surface area contributed by atoms with Crippen molar-refractivity contribution in [2.75, 3.05) is 26.4 Å². The van der Waals surface area contributed by atoms with Crippen LogP contribution in [0.2, 0.25) is 0 Å². The first-order valence-electron chi connectivity index (χ1n) is 5.74. The van der Waals surface area contributed by atoms with Crippen LogP contribution in [0.25, 0.3) is 0 Å². The second-order valence-electron chi connectivity index (χ2n) is 3.38. The molecule has 17 heavy (non-hydrogen) atoms. The third-order valence-corrected chi connectivity index (χ3v) is 2.11. The van der Waals surface area contributed by atoms with E-state index in [2.05, 4.69) is 0 Å². The highest BCUT2D eigenvalue weighted by Gasteiger charge is 2.03. The molecule has 0 unspecified atom stereocenters. The molecular formula is C13H18O4. The summed E-state index contributed by atoms with van der Waals surface area (Å²) in [5.74, 6) is 0. The lowest BCUT2D eigenvalue weighted by Gasteiger charge is -2.06. The minimum absolute atomic E-state index is 0.234. The molecule has 0 heterocycles. The Hall–Kier alpha value is -1.55. The molecule has 0 atom stereocenters. The van der Waals surface area contributed by atoms with E-state index in [1.165, 1.54) is 0 Å². The molecule has 94 valence electrons. The third-order valence-electron chi connectivity index (χ3n) is 2.11. The Bertz CT molecular complexity index is 310. The standard InChI is InChI=1S/C13H18O4/c1-2-15-10-11-17-13(14)16-9-8-12-6-4-3-5-7-12/h3-7H,2,8-11H2,1H3. The Balaban J connectivity index is 2.04. The fourth-order valence-electron chi connectivity index (χ4n) is 1.27. The van der Waals surface area contributed by atoms with Crippen molar-refractivity contribution in [2.45, 2.75) is 13.3 Å². The molecule has 0 saturated carbocycles. The maximum atomic E-state index is 11.1. The lowest BCUT2D eigenvalue weighted by atomic mass is 10.2.